The van der Waals surface area contributed by atoms with Crippen LogP contribution in [-0.2, 0) is 6.54 Å². The zero-order valence-electron chi connectivity index (χ0n) is 13.7. The second kappa shape index (κ2) is 7.01. The highest BCUT2D eigenvalue weighted by molar-refractivity contribution is 5.24. The third-order valence-corrected chi connectivity index (χ3v) is 5.37. The Morgan fingerprint density at radius 1 is 1.25 bits per heavy atom. The second-order valence-electron chi connectivity index (χ2n) is 6.86. The van der Waals surface area contributed by atoms with Crippen molar-refractivity contribution in [2.45, 2.75) is 31.3 Å². The molecule has 0 amide bonds. The van der Waals surface area contributed by atoms with Gasteiger partial charge in [-0.3, -0.25) is 15.8 Å². The summed E-state index contributed by atoms with van der Waals surface area (Å²) in [6, 6.07) is 7.42. The smallest absolute Gasteiger partial charge is 0.123 e. The Bertz CT molecular complexity index is 651. The van der Waals surface area contributed by atoms with Crippen molar-refractivity contribution in [3.8, 4) is 0 Å². The van der Waals surface area contributed by atoms with Crippen LogP contribution in [0.4, 0.5) is 4.39 Å². The van der Waals surface area contributed by atoms with Crippen LogP contribution in [0.25, 0.3) is 0 Å². The van der Waals surface area contributed by atoms with Crippen molar-refractivity contribution in [3.05, 3.63) is 53.9 Å². The first-order valence-corrected chi connectivity index (χ1v) is 8.74. The molecule has 1 aromatic carbocycles. The number of benzene rings is 1. The molecule has 2 saturated heterocycles. The van der Waals surface area contributed by atoms with Crippen LogP contribution in [0.5, 0.6) is 0 Å². The summed E-state index contributed by atoms with van der Waals surface area (Å²) < 4.78 is 13.6. The minimum atomic E-state index is -0.147. The zero-order chi connectivity index (χ0) is 16.4. The summed E-state index contributed by atoms with van der Waals surface area (Å²) in [5, 5.41) is 0. The van der Waals surface area contributed by atoms with Crippen molar-refractivity contribution in [1.82, 2.24) is 25.7 Å². The molecule has 0 bridgehead atoms. The maximum absolute atomic E-state index is 13.6. The number of H-pyrrole nitrogens is 1. The number of likely N-dealkylation sites (tertiary alicyclic amines) is 1. The van der Waals surface area contributed by atoms with Gasteiger partial charge in [0.25, 0.3) is 0 Å². The standard InChI is InChI=1S/C18H24FN5/c19-15-3-1-2-14(10-15)16-11-22-23-18(16)13-4-8-24(9-5-13)12-17-20-6-7-21-17/h1-3,6-7,10,13,16,18,22-23H,4-5,8-9,11-12H2,(H,20,21). The maximum Gasteiger partial charge on any atom is 0.123 e. The van der Waals surface area contributed by atoms with Crippen molar-refractivity contribution >= 4 is 0 Å². The second-order valence-corrected chi connectivity index (χ2v) is 6.86. The number of imidazole rings is 1. The molecule has 5 nitrogen and oxygen atoms in total. The van der Waals surface area contributed by atoms with Crippen LogP contribution >= 0.6 is 0 Å². The van der Waals surface area contributed by atoms with E-state index in [2.05, 4.69) is 25.7 Å². The molecule has 2 atom stereocenters. The molecular formula is C18H24FN5. The molecule has 2 fully saturated rings. The average molecular weight is 329 g/mol. The van der Waals surface area contributed by atoms with Crippen molar-refractivity contribution in [2.75, 3.05) is 19.6 Å². The Morgan fingerprint density at radius 3 is 2.88 bits per heavy atom. The number of aromatic amines is 1. The van der Waals surface area contributed by atoms with Gasteiger partial charge in [0, 0.05) is 30.9 Å². The highest BCUT2D eigenvalue weighted by atomic mass is 19.1. The van der Waals surface area contributed by atoms with Crippen molar-refractivity contribution in [3.63, 3.8) is 0 Å². The average Bonchev–Trinajstić information content (AvgIpc) is 3.27. The topological polar surface area (TPSA) is 56.0 Å². The van der Waals surface area contributed by atoms with Crippen LogP contribution in [-0.4, -0.2) is 40.5 Å². The van der Waals surface area contributed by atoms with E-state index >= 15 is 0 Å². The van der Waals surface area contributed by atoms with Gasteiger partial charge in [-0.25, -0.2) is 9.37 Å². The van der Waals surface area contributed by atoms with E-state index in [9.17, 15) is 4.39 Å². The first-order valence-electron chi connectivity index (χ1n) is 8.74. The zero-order valence-corrected chi connectivity index (χ0v) is 13.7. The Kier molecular flexibility index (Phi) is 4.60. The number of piperidine rings is 1. The Labute approximate surface area is 141 Å². The first kappa shape index (κ1) is 15.7. The lowest BCUT2D eigenvalue weighted by Gasteiger charge is -2.36. The molecule has 1 aromatic heterocycles. The van der Waals surface area contributed by atoms with E-state index in [1.54, 1.807) is 12.3 Å². The van der Waals surface area contributed by atoms with E-state index in [1.165, 1.54) is 6.07 Å². The molecule has 2 aliphatic heterocycles. The number of hydrogen-bond donors (Lipinski definition) is 3. The summed E-state index contributed by atoms with van der Waals surface area (Å²) >= 11 is 0. The quantitative estimate of drug-likeness (QED) is 0.803. The molecule has 2 unspecified atom stereocenters. The lowest BCUT2D eigenvalue weighted by Crippen LogP contribution is -2.44. The van der Waals surface area contributed by atoms with E-state index < -0.39 is 0 Å². The highest BCUT2D eigenvalue weighted by Gasteiger charge is 2.36. The molecule has 0 saturated carbocycles. The number of hydrogen-bond acceptors (Lipinski definition) is 4. The fraction of sp³-hybridized carbons (Fsp3) is 0.500. The predicted molar refractivity (Wildman–Crippen MR) is 90.7 cm³/mol. The molecule has 2 aliphatic rings. The molecule has 6 heteroatoms. The van der Waals surface area contributed by atoms with Crippen LogP contribution in [0.3, 0.4) is 0 Å². The van der Waals surface area contributed by atoms with Crippen LogP contribution < -0.4 is 10.9 Å². The predicted octanol–water partition coefficient (Wildman–Crippen LogP) is 2.02. The molecule has 2 aromatic rings. The summed E-state index contributed by atoms with van der Waals surface area (Å²) in [6.45, 7) is 3.92. The van der Waals surface area contributed by atoms with E-state index in [0.717, 1.165) is 50.4 Å². The fourth-order valence-corrected chi connectivity index (χ4v) is 4.09. The van der Waals surface area contributed by atoms with Crippen LogP contribution in [0.15, 0.2) is 36.7 Å². The van der Waals surface area contributed by atoms with E-state index in [4.69, 9.17) is 0 Å². The van der Waals surface area contributed by atoms with Crippen LogP contribution in [0.1, 0.15) is 30.1 Å². The lowest BCUT2D eigenvalue weighted by atomic mass is 9.80. The molecule has 0 spiro atoms. The number of rotatable bonds is 4. The Hall–Kier alpha value is -1.76. The molecular weight excluding hydrogens is 305 g/mol. The van der Waals surface area contributed by atoms with Gasteiger partial charge in [0.1, 0.15) is 11.6 Å². The number of nitrogens with one attached hydrogen (secondary N) is 3. The van der Waals surface area contributed by atoms with Gasteiger partial charge in [-0.05, 0) is 49.5 Å². The third kappa shape index (κ3) is 3.36. The molecule has 24 heavy (non-hydrogen) atoms. The summed E-state index contributed by atoms with van der Waals surface area (Å²) in [6.07, 6.45) is 6.00. The SMILES string of the molecule is Fc1cccc(C2CNNC2C2CCN(Cc3ncc[nH]3)CC2)c1. The van der Waals surface area contributed by atoms with Gasteiger partial charge >= 0.3 is 0 Å². The molecule has 4 rings (SSSR count). The Balaban J connectivity index is 1.37. The van der Waals surface area contributed by atoms with Crippen LogP contribution in [0.2, 0.25) is 0 Å². The molecule has 128 valence electrons. The highest BCUT2D eigenvalue weighted by Crippen LogP contribution is 2.32. The molecule has 3 heterocycles. The molecule has 3 N–H and O–H groups in total. The Morgan fingerprint density at radius 2 is 2.12 bits per heavy atom. The van der Waals surface area contributed by atoms with Crippen molar-refractivity contribution < 1.29 is 4.39 Å². The van der Waals surface area contributed by atoms with Gasteiger partial charge in [-0.1, -0.05) is 12.1 Å². The van der Waals surface area contributed by atoms with E-state index in [0.29, 0.717) is 17.9 Å². The number of hydrazine groups is 1. The first-order chi connectivity index (χ1) is 11.8. The summed E-state index contributed by atoms with van der Waals surface area (Å²) in [5.74, 6) is 1.83. The van der Waals surface area contributed by atoms with Crippen molar-refractivity contribution in [1.29, 1.82) is 0 Å². The molecule has 0 aliphatic carbocycles. The lowest BCUT2D eigenvalue weighted by molar-refractivity contribution is 0.149. The molecule has 0 radical (unpaired) electrons. The van der Waals surface area contributed by atoms with Gasteiger partial charge in [-0.2, -0.15) is 0 Å². The van der Waals surface area contributed by atoms with Crippen molar-refractivity contribution in [2.24, 2.45) is 5.92 Å². The van der Waals surface area contributed by atoms with E-state index in [-0.39, 0.29) is 5.82 Å². The van der Waals surface area contributed by atoms with Crippen LogP contribution in [0, 0.1) is 11.7 Å². The number of aromatic nitrogens is 2. The maximum atomic E-state index is 13.6. The third-order valence-electron chi connectivity index (χ3n) is 5.37. The van der Waals surface area contributed by atoms with Gasteiger partial charge < -0.3 is 4.98 Å². The van der Waals surface area contributed by atoms with Gasteiger partial charge in [0.05, 0.1) is 6.54 Å². The summed E-state index contributed by atoms with van der Waals surface area (Å²) in [4.78, 5) is 9.94. The minimum Gasteiger partial charge on any atom is -0.348 e. The monoisotopic (exact) mass is 329 g/mol. The number of halogens is 1. The minimum absolute atomic E-state index is 0.147. The summed E-state index contributed by atoms with van der Waals surface area (Å²) in [5.41, 5.74) is 7.82. The summed E-state index contributed by atoms with van der Waals surface area (Å²) in [7, 11) is 0. The van der Waals surface area contributed by atoms with Gasteiger partial charge in [0.2, 0.25) is 0 Å². The normalized spacial score (nSPS) is 26.0. The largest absolute Gasteiger partial charge is 0.348 e. The van der Waals surface area contributed by atoms with Gasteiger partial charge in [-0.15, -0.1) is 0 Å². The number of nitrogens with zero attached hydrogens (tertiary/aromatic N) is 2. The van der Waals surface area contributed by atoms with Gasteiger partial charge in [0.15, 0.2) is 0 Å². The van der Waals surface area contributed by atoms with E-state index in [1.807, 2.05) is 18.3 Å². The fourth-order valence-electron chi connectivity index (χ4n) is 4.09.